The summed E-state index contributed by atoms with van der Waals surface area (Å²) < 4.78 is 15.2. The van der Waals surface area contributed by atoms with Crippen LogP contribution in [0.2, 0.25) is 0 Å². The number of aryl methyl sites for hydroxylation is 2. The van der Waals surface area contributed by atoms with E-state index in [0.717, 1.165) is 22.5 Å². The Balaban J connectivity index is 1.68. The number of carbonyl (C=O) groups is 1. The highest BCUT2D eigenvalue weighted by Crippen LogP contribution is 2.32. The van der Waals surface area contributed by atoms with Crippen LogP contribution in [0.3, 0.4) is 0 Å². The van der Waals surface area contributed by atoms with Crippen molar-refractivity contribution < 1.29 is 9.18 Å². The average molecular weight is 395 g/mol. The molecule has 2 N–H and O–H groups in total. The number of halogens is 1. The van der Waals surface area contributed by atoms with Gasteiger partial charge in [0, 0.05) is 30.2 Å². The van der Waals surface area contributed by atoms with Crippen LogP contribution in [0.4, 0.5) is 4.39 Å². The minimum atomic E-state index is -0.323. The Kier molecular flexibility index (Phi) is 4.79. The topological polar surface area (TPSA) is 75.6 Å². The summed E-state index contributed by atoms with van der Waals surface area (Å²) in [5.74, 6) is -0.607. The maximum absolute atomic E-state index is 13.3. The first-order valence-electron chi connectivity index (χ1n) is 8.71. The molecule has 1 aromatic carbocycles. The molecule has 4 aromatic rings. The molecule has 0 aliphatic carbocycles. The first-order chi connectivity index (χ1) is 13.5. The van der Waals surface area contributed by atoms with Gasteiger partial charge in [0.2, 0.25) is 0 Å². The molecule has 0 aliphatic heterocycles. The van der Waals surface area contributed by atoms with E-state index in [0.29, 0.717) is 22.2 Å². The Morgan fingerprint density at radius 3 is 2.57 bits per heavy atom. The number of thiazole rings is 1. The number of carbonyl (C=O) groups excluding carboxylic acids is 1. The number of benzene rings is 1. The molecule has 8 heteroatoms. The van der Waals surface area contributed by atoms with Gasteiger partial charge < -0.3 is 9.88 Å². The Labute approximate surface area is 165 Å². The molecule has 0 bridgehead atoms. The van der Waals surface area contributed by atoms with Crippen LogP contribution < -0.4 is 5.32 Å². The molecule has 0 atom stereocenters. The summed E-state index contributed by atoms with van der Waals surface area (Å²) in [5, 5.41) is 10.7. The number of aromatic amines is 1. The third kappa shape index (κ3) is 3.46. The van der Waals surface area contributed by atoms with Crippen molar-refractivity contribution in [3.8, 4) is 15.6 Å². The molecule has 0 radical (unpaired) electrons. The standard InChI is InChI=1S/C20H18FN5OS/c1-12-16(13(2)25-24-12)11-22-19(27)17-18(14-5-7-15(21)8-6-14)28-20(23-17)26-9-3-4-10-26/h3-10H,11H2,1-2H3,(H,22,27)(H,24,25). The quantitative estimate of drug-likeness (QED) is 0.536. The second-order valence-corrected chi connectivity index (χ2v) is 7.34. The normalized spacial score (nSPS) is 11.0. The van der Waals surface area contributed by atoms with Gasteiger partial charge in [-0.25, -0.2) is 9.37 Å². The maximum Gasteiger partial charge on any atom is 0.271 e. The zero-order valence-electron chi connectivity index (χ0n) is 15.4. The van der Waals surface area contributed by atoms with Crippen molar-refractivity contribution >= 4 is 17.2 Å². The van der Waals surface area contributed by atoms with Crippen LogP contribution in [0.15, 0.2) is 48.8 Å². The van der Waals surface area contributed by atoms with E-state index in [-0.39, 0.29) is 11.7 Å². The fourth-order valence-corrected chi connectivity index (χ4v) is 3.95. The number of nitrogens with zero attached hydrogens (tertiary/aromatic N) is 3. The Hall–Kier alpha value is -3.26. The number of H-pyrrole nitrogens is 1. The van der Waals surface area contributed by atoms with Crippen LogP contribution in [0.5, 0.6) is 0 Å². The summed E-state index contributed by atoms with van der Waals surface area (Å²) >= 11 is 1.38. The van der Waals surface area contributed by atoms with Crippen molar-refractivity contribution in [3.05, 3.63) is 77.3 Å². The molecule has 0 saturated heterocycles. The summed E-state index contributed by atoms with van der Waals surface area (Å²) in [7, 11) is 0. The number of rotatable bonds is 5. The second-order valence-electron chi connectivity index (χ2n) is 6.37. The fourth-order valence-electron chi connectivity index (χ4n) is 2.92. The molecule has 3 heterocycles. The molecule has 28 heavy (non-hydrogen) atoms. The highest BCUT2D eigenvalue weighted by molar-refractivity contribution is 7.17. The summed E-state index contributed by atoms with van der Waals surface area (Å²) in [4.78, 5) is 18.2. The molecule has 0 saturated carbocycles. The zero-order valence-corrected chi connectivity index (χ0v) is 16.2. The predicted octanol–water partition coefficient (Wildman–Crippen LogP) is 4.01. The molecule has 4 rings (SSSR count). The van der Waals surface area contributed by atoms with E-state index in [4.69, 9.17) is 0 Å². The van der Waals surface area contributed by atoms with Gasteiger partial charge >= 0.3 is 0 Å². The highest BCUT2D eigenvalue weighted by atomic mass is 32.1. The highest BCUT2D eigenvalue weighted by Gasteiger charge is 2.21. The number of hydrogen-bond donors (Lipinski definition) is 2. The Bertz CT molecular complexity index is 1090. The van der Waals surface area contributed by atoms with Gasteiger partial charge in [-0.1, -0.05) is 23.5 Å². The summed E-state index contributed by atoms with van der Waals surface area (Å²) in [5.41, 5.74) is 3.79. The Morgan fingerprint density at radius 2 is 1.93 bits per heavy atom. The van der Waals surface area contributed by atoms with E-state index in [1.807, 2.05) is 42.9 Å². The van der Waals surface area contributed by atoms with Crippen molar-refractivity contribution in [2.75, 3.05) is 0 Å². The van der Waals surface area contributed by atoms with Gasteiger partial charge in [0.05, 0.1) is 10.6 Å². The summed E-state index contributed by atoms with van der Waals surface area (Å²) in [6.07, 6.45) is 3.74. The lowest BCUT2D eigenvalue weighted by molar-refractivity contribution is 0.0947. The lowest BCUT2D eigenvalue weighted by atomic mass is 10.1. The van der Waals surface area contributed by atoms with Crippen molar-refractivity contribution in [3.63, 3.8) is 0 Å². The third-order valence-electron chi connectivity index (χ3n) is 4.47. The summed E-state index contributed by atoms with van der Waals surface area (Å²) in [6.45, 7) is 4.16. The molecule has 6 nitrogen and oxygen atoms in total. The average Bonchev–Trinajstić information content (AvgIpc) is 3.41. The molecule has 0 aliphatic rings. The predicted molar refractivity (Wildman–Crippen MR) is 106 cm³/mol. The molecule has 3 aromatic heterocycles. The molecule has 0 unspecified atom stereocenters. The monoisotopic (exact) mass is 395 g/mol. The summed E-state index contributed by atoms with van der Waals surface area (Å²) in [6, 6.07) is 9.85. The van der Waals surface area contributed by atoms with Crippen molar-refractivity contribution in [1.82, 2.24) is 25.1 Å². The van der Waals surface area contributed by atoms with Crippen LogP contribution >= 0.6 is 11.3 Å². The van der Waals surface area contributed by atoms with E-state index in [1.54, 1.807) is 12.1 Å². The molecule has 142 valence electrons. The Morgan fingerprint density at radius 1 is 1.21 bits per heavy atom. The van der Waals surface area contributed by atoms with Gasteiger partial charge in [-0.2, -0.15) is 5.10 Å². The maximum atomic E-state index is 13.3. The molecule has 0 fully saturated rings. The van der Waals surface area contributed by atoms with E-state index in [1.165, 1.54) is 23.5 Å². The van der Waals surface area contributed by atoms with Crippen molar-refractivity contribution in [1.29, 1.82) is 0 Å². The van der Waals surface area contributed by atoms with Crippen molar-refractivity contribution in [2.24, 2.45) is 0 Å². The molecular weight excluding hydrogens is 377 g/mol. The van der Waals surface area contributed by atoms with Crippen LogP contribution in [-0.4, -0.2) is 25.7 Å². The van der Waals surface area contributed by atoms with Crippen LogP contribution in [0.25, 0.3) is 15.6 Å². The van der Waals surface area contributed by atoms with Gasteiger partial charge in [-0.3, -0.25) is 9.89 Å². The van der Waals surface area contributed by atoms with Gasteiger partial charge in [-0.05, 0) is 43.7 Å². The van der Waals surface area contributed by atoms with Crippen LogP contribution in [-0.2, 0) is 6.54 Å². The number of aromatic nitrogens is 4. The first-order valence-corrected chi connectivity index (χ1v) is 9.53. The van der Waals surface area contributed by atoms with Crippen LogP contribution in [0.1, 0.15) is 27.4 Å². The first kappa shape index (κ1) is 18.1. The molecular formula is C20H18FN5OS. The third-order valence-corrected chi connectivity index (χ3v) is 5.59. The van der Waals surface area contributed by atoms with Crippen molar-refractivity contribution in [2.45, 2.75) is 20.4 Å². The van der Waals surface area contributed by atoms with E-state index in [9.17, 15) is 9.18 Å². The van der Waals surface area contributed by atoms with Gasteiger partial charge in [-0.15, -0.1) is 0 Å². The number of nitrogens with one attached hydrogen (secondary N) is 2. The fraction of sp³-hybridized carbons (Fsp3) is 0.150. The smallest absolute Gasteiger partial charge is 0.271 e. The van der Waals surface area contributed by atoms with E-state index < -0.39 is 0 Å². The van der Waals surface area contributed by atoms with Gasteiger partial charge in [0.1, 0.15) is 11.5 Å². The number of hydrogen-bond acceptors (Lipinski definition) is 4. The van der Waals surface area contributed by atoms with E-state index in [2.05, 4.69) is 20.5 Å². The number of amides is 1. The SMILES string of the molecule is Cc1n[nH]c(C)c1CNC(=O)c1nc(-n2cccc2)sc1-c1ccc(F)cc1. The zero-order chi connectivity index (χ0) is 19.7. The minimum absolute atomic E-state index is 0.283. The van der Waals surface area contributed by atoms with Crippen LogP contribution in [0, 0.1) is 19.7 Å². The lowest BCUT2D eigenvalue weighted by Gasteiger charge is -2.06. The lowest BCUT2D eigenvalue weighted by Crippen LogP contribution is -2.24. The molecule has 1 amide bonds. The largest absolute Gasteiger partial charge is 0.346 e. The second kappa shape index (κ2) is 7.40. The minimum Gasteiger partial charge on any atom is -0.346 e. The molecule has 0 spiro atoms. The van der Waals surface area contributed by atoms with E-state index >= 15 is 0 Å². The van der Waals surface area contributed by atoms with Gasteiger partial charge in [0.25, 0.3) is 5.91 Å². The van der Waals surface area contributed by atoms with Gasteiger partial charge in [0.15, 0.2) is 5.13 Å².